The highest BCUT2D eigenvalue weighted by molar-refractivity contribution is 7.89. The van der Waals surface area contributed by atoms with Crippen LogP contribution in [0.15, 0.2) is 71.8 Å². The lowest BCUT2D eigenvalue weighted by Gasteiger charge is -2.23. The molecule has 0 unspecified atom stereocenters. The summed E-state index contributed by atoms with van der Waals surface area (Å²) in [6.07, 6.45) is -2.20. The van der Waals surface area contributed by atoms with Crippen LogP contribution in [-0.4, -0.2) is 36.1 Å². The quantitative estimate of drug-likeness (QED) is 0.371. The normalized spacial score (nSPS) is 16.7. The van der Waals surface area contributed by atoms with Crippen LogP contribution in [0.4, 0.5) is 17.6 Å². The van der Waals surface area contributed by atoms with Crippen molar-refractivity contribution in [3.63, 3.8) is 0 Å². The smallest absolute Gasteiger partial charge is 0.433 e. The van der Waals surface area contributed by atoms with Crippen molar-refractivity contribution < 1.29 is 35.5 Å². The van der Waals surface area contributed by atoms with Gasteiger partial charge in [-0.25, -0.2) is 17.8 Å². The summed E-state index contributed by atoms with van der Waals surface area (Å²) in [5.41, 5.74) is -0.281. The molecule has 2 heterocycles. The van der Waals surface area contributed by atoms with Gasteiger partial charge in [-0.15, -0.1) is 0 Å². The summed E-state index contributed by atoms with van der Waals surface area (Å²) < 4.78 is 84.0. The predicted molar refractivity (Wildman–Crippen MR) is 122 cm³/mol. The lowest BCUT2D eigenvalue weighted by molar-refractivity contribution is -0.141. The highest BCUT2D eigenvalue weighted by Crippen LogP contribution is 2.30. The number of carbonyl (C=O) groups excluding carboxylic acids is 1. The van der Waals surface area contributed by atoms with Gasteiger partial charge in [-0.2, -0.15) is 17.5 Å². The topological polar surface area (TPSA) is 76.6 Å². The number of Topliss-reactive ketones (excluding diaryl/α,β-unsaturated/α-hetero) is 1. The molecule has 1 aliphatic rings. The molecule has 36 heavy (non-hydrogen) atoms. The number of nitrogens with zero attached hydrogens (tertiary/aromatic N) is 2. The van der Waals surface area contributed by atoms with Crippen LogP contribution in [-0.2, 0) is 27.4 Å². The van der Waals surface area contributed by atoms with Crippen LogP contribution in [0.25, 0.3) is 0 Å². The fourth-order valence-electron chi connectivity index (χ4n) is 4.03. The summed E-state index contributed by atoms with van der Waals surface area (Å²) in [6.45, 7) is 0.209. The molecule has 0 N–H and O–H groups in total. The minimum Gasteiger partial charge on any atom is -0.456 e. The number of rotatable bonds is 8. The Labute approximate surface area is 205 Å². The molecule has 1 aliphatic heterocycles. The number of ketones is 1. The molecule has 0 aliphatic carbocycles. The van der Waals surface area contributed by atoms with Crippen LogP contribution in [0.3, 0.4) is 0 Å². The molecule has 2 aromatic carbocycles. The van der Waals surface area contributed by atoms with E-state index in [4.69, 9.17) is 4.74 Å². The van der Waals surface area contributed by atoms with Crippen molar-refractivity contribution in [1.82, 2.24) is 9.29 Å². The van der Waals surface area contributed by atoms with E-state index in [1.807, 2.05) is 0 Å². The highest BCUT2D eigenvalue weighted by atomic mass is 32.2. The van der Waals surface area contributed by atoms with E-state index in [2.05, 4.69) is 4.98 Å². The van der Waals surface area contributed by atoms with Crippen molar-refractivity contribution in [1.29, 1.82) is 0 Å². The van der Waals surface area contributed by atoms with Crippen LogP contribution >= 0.6 is 0 Å². The number of benzene rings is 2. The third-order valence-electron chi connectivity index (χ3n) is 5.82. The summed E-state index contributed by atoms with van der Waals surface area (Å²) in [5.74, 6) is -0.285. The Morgan fingerprint density at radius 2 is 1.81 bits per heavy atom. The summed E-state index contributed by atoms with van der Waals surface area (Å²) in [5, 5.41) is 0. The van der Waals surface area contributed by atoms with E-state index in [0.717, 1.165) is 30.0 Å². The van der Waals surface area contributed by atoms with Gasteiger partial charge in [0, 0.05) is 13.0 Å². The zero-order chi connectivity index (χ0) is 25.9. The first-order valence-corrected chi connectivity index (χ1v) is 12.6. The first kappa shape index (κ1) is 25.8. The first-order valence-electron chi connectivity index (χ1n) is 11.1. The summed E-state index contributed by atoms with van der Waals surface area (Å²) >= 11 is 0. The Bertz CT molecular complexity index is 1330. The van der Waals surface area contributed by atoms with Gasteiger partial charge in [-0.05, 0) is 73.4 Å². The number of ether oxygens (including phenoxy) is 1. The predicted octanol–water partition coefficient (Wildman–Crippen LogP) is 5.39. The first-order chi connectivity index (χ1) is 17.0. The van der Waals surface area contributed by atoms with E-state index < -0.39 is 33.8 Å². The number of hydrogen-bond acceptors (Lipinski definition) is 5. The zero-order valence-electron chi connectivity index (χ0n) is 18.9. The van der Waals surface area contributed by atoms with Gasteiger partial charge >= 0.3 is 6.18 Å². The molecule has 0 amide bonds. The highest BCUT2D eigenvalue weighted by Gasteiger charge is 2.39. The van der Waals surface area contributed by atoms with Crippen LogP contribution < -0.4 is 4.74 Å². The maximum absolute atomic E-state index is 13.2. The molecule has 0 radical (unpaired) electrons. The molecule has 190 valence electrons. The molecular formula is C25H22F4N2O4S. The second kappa shape index (κ2) is 10.4. The van der Waals surface area contributed by atoms with Crippen molar-refractivity contribution in [2.75, 3.05) is 6.54 Å². The van der Waals surface area contributed by atoms with E-state index in [0.29, 0.717) is 25.0 Å². The van der Waals surface area contributed by atoms with Gasteiger partial charge < -0.3 is 4.74 Å². The lowest BCUT2D eigenvalue weighted by atomic mass is 10.0. The van der Waals surface area contributed by atoms with Crippen LogP contribution in [0.1, 0.15) is 30.5 Å². The maximum Gasteiger partial charge on any atom is 0.433 e. The summed E-state index contributed by atoms with van der Waals surface area (Å²) in [7, 11) is -3.94. The number of sulfonamides is 1. The van der Waals surface area contributed by atoms with Crippen LogP contribution in [0, 0.1) is 5.82 Å². The molecular weight excluding hydrogens is 500 g/mol. The Balaban J connectivity index is 1.39. The fourth-order valence-corrected chi connectivity index (χ4v) is 5.71. The van der Waals surface area contributed by atoms with Crippen molar-refractivity contribution in [3.05, 3.63) is 83.9 Å². The van der Waals surface area contributed by atoms with Gasteiger partial charge in [0.1, 0.15) is 23.0 Å². The molecule has 0 spiro atoms. The number of pyridine rings is 1. The van der Waals surface area contributed by atoms with E-state index in [1.54, 1.807) is 24.3 Å². The number of hydrogen-bond donors (Lipinski definition) is 0. The third-order valence-corrected chi connectivity index (χ3v) is 7.74. The van der Waals surface area contributed by atoms with Gasteiger partial charge in [0.2, 0.25) is 10.0 Å². The molecule has 6 nitrogen and oxygen atoms in total. The van der Waals surface area contributed by atoms with E-state index in [9.17, 15) is 30.8 Å². The second-order valence-electron chi connectivity index (χ2n) is 8.32. The standard InChI is InChI=1S/C25H22F4N2O4S/c26-18-7-10-21(11-8-18)36(33,34)31-14-2-5-22(31)23(32)12-6-17-3-1-4-19(15-17)35-20-9-13-24(30-16-20)25(27,28)29/h1,3-4,7-11,13,15-16,22H,2,5-6,12,14H2/t22-/m0/s1. The van der Waals surface area contributed by atoms with Gasteiger partial charge in [0.15, 0.2) is 5.78 Å². The van der Waals surface area contributed by atoms with Gasteiger partial charge in [0.05, 0.1) is 17.1 Å². The third kappa shape index (κ3) is 5.90. The molecule has 4 rings (SSSR count). The van der Waals surface area contributed by atoms with Gasteiger partial charge in [0.25, 0.3) is 0 Å². The number of aromatic nitrogens is 1. The molecule has 0 saturated carbocycles. The molecule has 11 heteroatoms. The Morgan fingerprint density at radius 1 is 1.06 bits per heavy atom. The SMILES string of the molecule is O=C(CCc1cccc(Oc2ccc(C(F)(F)F)nc2)c1)[C@@H]1CCCN1S(=O)(=O)c1ccc(F)cc1. The summed E-state index contributed by atoms with van der Waals surface area (Å²) in [4.78, 5) is 16.2. The molecule has 1 atom stereocenters. The molecule has 1 aromatic heterocycles. The van der Waals surface area contributed by atoms with Crippen molar-refractivity contribution >= 4 is 15.8 Å². The van der Waals surface area contributed by atoms with Gasteiger partial charge in [-0.1, -0.05) is 12.1 Å². The van der Waals surface area contributed by atoms with Crippen LogP contribution in [0.2, 0.25) is 0 Å². The lowest BCUT2D eigenvalue weighted by Crippen LogP contribution is -2.40. The number of carbonyl (C=O) groups is 1. The van der Waals surface area contributed by atoms with E-state index >= 15 is 0 Å². The largest absolute Gasteiger partial charge is 0.456 e. The average Bonchev–Trinajstić information content (AvgIpc) is 3.34. The molecule has 1 fully saturated rings. The molecule has 0 bridgehead atoms. The second-order valence-corrected chi connectivity index (χ2v) is 10.2. The minimum absolute atomic E-state index is 0.0637. The number of aryl methyl sites for hydroxylation is 1. The molecule has 3 aromatic rings. The van der Waals surface area contributed by atoms with Crippen LogP contribution in [0.5, 0.6) is 11.5 Å². The Morgan fingerprint density at radius 3 is 2.47 bits per heavy atom. The van der Waals surface area contributed by atoms with Gasteiger partial charge in [-0.3, -0.25) is 4.79 Å². The van der Waals surface area contributed by atoms with Crippen molar-refractivity contribution in [3.8, 4) is 11.5 Å². The minimum atomic E-state index is -4.54. The maximum atomic E-state index is 13.2. The van der Waals surface area contributed by atoms with Crippen molar-refractivity contribution in [2.45, 2.75) is 42.8 Å². The Hall–Kier alpha value is -3.31. The van der Waals surface area contributed by atoms with E-state index in [1.165, 1.54) is 22.5 Å². The Kier molecular flexibility index (Phi) is 7.41. The fraction of sp³-hybridized carbons (Fsp3) is 0.280. The zero-order valence-corrected chi connectivity index (χ0v) is 19.7. The van der Waals surface area contributed by atoms with Crippen molar-refractivity contribution in [2.24, 2.45) is 0 Å². The molecule has 1 saturated heterocycles. The number of halogens is 4. The van der Waals surface area contributed by atoms with E-state index in [-0.39, 0.29) is 29.4 Å². The average molecular weight is 523 g/mol. The monoisotopic (exact) mass is 522 g/mol. The summed E-state index contributed by atoms with van der Waals surface area (Å²) in [6, 6.07) is 12.4. The number of alkyl halides is 3.